The maximum Gasteiger partial charge on any atom is 0.320 e. The minimum absolute atomic E-state index is 0.0306. The highest BCUT2D eigenvalue weighted by Crippen LogP contribution is 2.34. The van der Waals surface area contributed by atoms with Crippen LogP contribution in [0.15, 0.2) is 72.8 Å². The van der Waals surface area contributed by atoms with E-state index in [0.29, 0.717) is 41.2 Å². The number of hydrogen-bond donors (Lipinski definition) is 0. The molecule has 6 heteroatoms. The number of amides is 2. The van der Waals surface area contributed by atoms with E-state index >= 15 is 0 Å². The zero-order valence-electron chi connectivity index (χ0n) is 16.6. The normalized spacial score (nSPS) is 14.8. The van der Waals surface area contributed by atoms with Gasteiger partial charge in [0, 0.05) is 23.7 Å². The molecule has 0 aliphatic carbocycles. The summed E-state index contributed by atoms with van der Waals surface area (Å²) < 4.78 is 6.04. The quantitative estimate of drug-likeness (QED) is 0.422. The Kier molecular flexibility index (Phi) is 6.16. The molecule has 1 aliphatic rings. The second-order valence-corrected chi connectivity index (χ2v) is 8.11. The molecule has 0 saturated carbocycles. The molecule has 1 atom stereocenters. The first kappa shape index (κ1) is 20.6. The van der Waals surface area contributed by atoms with E-state index in [1.54, 1.807) is 18.2 Å². The van der Waals surface area contributed by atoms with Crippen LogP contribution in [0.5, 0.6) is 11.5 Å². The number of nitrogens with zero attached hydrogens (tertiary/aromatic N) is 2. The van der Waals surface area contributed by atoms with E-state index in [4.69, 9.17) is 27.9 Å². The summed E-state index contributed by atoms with van der Waals surface area (Å²) in [6, 6.07) is 23.0. The number of ether oxygens (including phenoxy) is 1. The molecule has 2 amide bonds. The Balaban J connectivity index is 1.49. The van der Waals surface area contributed by atoms with E-state index in [1.807, 2.05) is 52.3 Å². The fourth-order valence-electron chi connectivity index (χ4n) is 3.63. The smallest absolute Gasteiger partial charge is 0.320 e. The van der Waals surface area contributed by atoms with Crippen LogP contribution in [0.1, 0.15) is 24.1 Å². The number of carbonyl (C=O) groups excluding carboxylic acids is 1. The van der Waals surface area contributed by atoms with E-state index in [9.17, 15) is 4.79 Å². The fourth-order valence-corrected chi connectivity index (χ4v) is 4.08. The maximum absolute atomic E-state index is 13.1. The highest BCUT2D eigenvalue weighted by molar-refractivity contribution is 6.35. The average Bonchev–Trinajstić information content (AvgIpc) is 3.11. The summed E-state index contributed by atoms with van der Waals surface area (Å²) >= 11 is 12.2. The van der Waals surface area contributed by atoms with Gasteiger partial charge in [0.25, 0.3) is 0 Å². The van der Waals surface area contributed by atoms with Crippen LogP contribution in [0.4, 0.5) is 4.79 Å². The van der Waals surface area contributed by atoms with Crippen molar-refractivity contribution < 1.29 is 9.53 Å². The summed E-state index contributed by atoms with van der Waals surface area (Å²) in [6.07, 6.45) is 0. The molecule has 3 aromatic carbocycles. The summed E-state index contributed by atoms with van der Waals surface area (Å²) in [5.74, 6) is 1.20. The predicted molar refractivity (Wildman–Crippen MR) is 120 cm³/mol. The molecular weight excluding hydrogens is 419 g/mol. The third kappa shape index (κ3) is 4.40. The summed E-state index contributed by atoms with van der Waals surface area (Å²) in [5, 5.41) is 0.994. The third-order valence-electron chi connectivity index (χ3n) is 5.32. The van der Waals surface area contributed by atoms with Crippen molar-refractivity contribution in [3.8, 4) is 11.5 Å². The van der Waals surface area contributed by atoms with Crippen molar-refractivity contribution in [2.24, 2.45) is 0 Å². The standard InChI is InChI=1S/C24H22Cl2N2O2/c1-17(18-7-3-2-4-8-18)28-14-13-27(24(28)29)16-19-9-5-6-10-22(19)30-23-12-11-20(25)15-21(23)26/h2-12,15,17H,13-14,16H2,1H3/t17-/m0/s1. The number of carbonyl (C=O) groups is 1. The van der Waals surface area contributed by atoms with E-state index < -0.39 is 0 Å². The Morgan fingerprint density at radius 2 is 1.67 bits per heavy atom. The molecule has 4 nitrogen and oxygen atoms in total. The van der Waals surface area contributed by atoms with Gasteiger partial charge in [-0.25, -0.2) is 4.79 Å². The van der Waals surface area contributed by atoms with E-state index in [1.165, 1.54) is 0 Å². The van der Waals surface area contributed by atoms with Crippen LogP contribution in [-0.2, 0) is 6.54 Å². The van der Waals surface area contributed by atoms with Crippen molar-refractivity contribution in [1.29, 1.82) is 0 Å². The first-order valence-corrected chi connectivity index (χ1v) is 10.6. The molecule has 4 rings (SSSR count). The van der Waals surface area contributed by atoms with Crippen molar-refractivity contribution in [2.45, 2.75) is 19.5 Å². The molecule has 0 spiro atoms. The van der Waals surface area contributed by atoms with Gasteiger partial charge in [-0.3, -0.25) is 0 Å². The van der Waals surface area contributed by atoms with Gasteiger partial charge in [0.2, 0.25) is 0 Å². The van der Waals surface area contributed by atoms with Crippen LogP contribution in [0.25, 0.3) is 0 Å². The Hall–Kier alpha value is -2.69. The van der Waals surface area contributed by atoms with Gasteiger partial charge in [0.15, 0.2) is 0 Å². The highest BCUT2D eigenvalue weighted by Gasteiger charge is 2.32. The third-order valence-corrected chi connectivity index (χ3v) is 5.85. The minimum atomic E-state index is 0.0306. The molecule has 3 aromatic rings. The number of hydrogen-bond acceptors (Lipinski definition) is 2. The van der Waals surface area contributed by atoms with Gasteiger partial charge in [0.05, 0.1) is 17.6 Å². The monoisotopic (exact) mass is 440 g/mol. The second-order valence-electron chi connectivity index (χ2n) is 7.27. The lowest BCUT2D eigenvalue weighted by molar-refractivity contribution is 0.178. The lowest BCUT2D eigenvalue weighted by atomic mass is 10.1. The minimum Gasteiger partial charge on any atom is -0.455 e. The highest BCUT2D eigenvalue weighted by atomic mass is 35.5. The Morgan fingerprint density at radius 1 is 0.933 bits per heavy atom. The van der Waals surface area contributed by atoms with Crippen LogP contribution in [0, 0.1) is 0 Å². The van der Waals surface area contributed by atoms with Crippen LogP contribution in [0.3, 0.4) is 0 Å². The van der Waals surface area contributed by atoms with Crippen LogP contribution in [0.2, 0.25) is 10.0 Å². The SMILES string of the molecule is C[C@@H](c1ccccc1)N1CCN(Cc2ccccc2Oc2ccc(Cl)cc2Cl)C1=O. The van der Waals surface area contributed by atoms with Crippen LogP contribution in [-0.4, -0.2) is 28.9 Å². The Labute approximate surface area is 186 Å². The Bertz CT molecular complexity index is 1040. The van der Waals surface area contributed by atoms with Gasteiger partial charge in [-0.15, -0.1) is 0 Å². The summed E-state index contributed by atoms with van der Waals surface area (Å²) in [5.41, 5.74) is 2.06. The van der Waals surface area contributed by atoms with Gasteiger partial charge in [-0.2, -0.15) is 0 Å². The van der Waals surface area contributed by atoms with Crippen molar-refractivity contribution in [1.82, 2.24) is 9.80 Å². The number of halogens is 2. The lowest BCUT2D eigenvalue weighted by Crippen LogP contribution is -2.33. The van der Waals surface area contributed by atoms with Crippen molar-refractivity contribution in [3.63, 3.8) is 0 Å². The van der Waals surface area contributed by atoms with Crippen molar-refractivity contribution >= 4 is 29.2 Å². The predicted octanol–water partition coefficient (Wildman–Crippen LogP) is 6.78. The van der Waals surface area contributed by atoms with Gasteiger partial charge in [-0.1, -0.05) is 71.7 Å². The summed E-state index contributed by atoms with van der Waals surface area (Å²) in [4.78, 5) is 16.8. The molecule has 154 valence electrons. The van der Waals surface area contributed by atoms with Crippen molar-refractivity contribution in [3.05, 3.63) is 94.0 Å². The molecule has 1 fully saturated rings. The maximum atomic E-state index is 13.1. The topological polar surface area (TPSA) is 32.8 Å². The molecule has 1 aliphatic heterocycles. The molecule has 30 heavy (non-hydrogen) atoms. The largest absolute Gasteiger partial charge is 0.455 e. The number of urea groups is 1. The summed E-state index contributed by atoms with van der Waals surface area (Å²) in [6.45, 7) is 3.90. The van der Waals surface area contributed by atoms with Crippen molar-refractivity contribution in [2.75, 3.05) is 13.1 Å². The molecule has 1 saturated heterocycles. The molecule has 0 bridgehead atoms. The molecule has 0 radical (unpaired) electrons. The van der Waals surface area contributed by atoms with Crippen LogP contribution >= 0.6 is 23.2 Å². The lowest BCUT2D eigenvalue weighted by Gasteiger charge is -2.25. The van der Waals surface area contributed by atoms with E-state index in [0.717, 1.165) is 11.1 Å². The van der Waals surface area contributed by atoms with E-state index in [2.05, 4.69) is 19.1 Å². The van der Waals surface area contributed by atoms with Gasteiger partial charge in [0.1, 0.15) is 11.5 Å². The average molecular weight is 441 g/mol. The van der Waals surface area contributed by atoms with E-state index in [-0.39, 0.29) is 12.1 Å². The number of para-hydroxylation sites is 1. The first-order chi connectivity index (χ1) is 14.5. The fraction of sp³-hybridized carbons (Fsp3) is 0.208. The molecule has 0 unspecified atom stereocenters. The Morgan fingerprint density at radius 3 is 2.43 bits per heavy atom. The number of rotatable bonds is 6. The molecule has 0 N–H and O–H groups in total. The molecule has 0 aromatic heterocycles. The molecule has 1 heterocycles. The zero-order chi connectivity index (χ0) is 21.1. The second kappa shape index (κ2) is 8.99. The zero-order valence-corrected chi connectivity index (χ0v) is 18.1. The van der Waals surface area contributed by atoms with Gasteiger partial charge < -0.3 is 14.5 Å². The molecular formula is C24H22Cl2N2O2. The first-order valence-electron chi connectivity index (χ1n) is 9.84. The van der Waals surface area contributed by atoms with Gasteiger partial charge in [-0.05, 0) is 36.8 Å². The van der Waals surface area contributed by atoms with Gasteiger partial charge >= 0.3 is 6.03 Å². The number of benzene rings is 3. The summed E-state index contributed by atoms with van der Waals surface area (Å²) in [7, 11) is 0. The van der Waals surface area contributed by atoms with Crippen LogP contribution < -0.4 is 4.74 Å².